The summed E-state index contributed by atoms with van der Waals surface area (Å²) in [5.41, 5.74) is 1.13. The number of alkyl halides is 3. The van der Waals surface area contributed by atoms with Crippen LogP contribution in [0.15, 0.2) is 42.5 Å². The van der Waals surface area contributed by atoms with Gasteiger partial charge in [0.05, 0.1) is 5.56 Å². The van der Waals surface area contributed by atoms with Gasteiger partial charge >= 0.3 is 12.3 Å². The number of cyclic esters (lactones) is 1. The highest BCUT2D eigenvalue weighted by molar-refractivity contribution is 6.00. The second kappa shape index (κ2) is 6.29. The number of benzene rings is 2. The molecule has 1 N–H and O–H groups in total. The number of alkyl carbamates (subject to hydrolysis) is 1. The third-order valence-electron chi connectivity index (χ3n) is 4.74. The Morgan fingerprint density at radius 1 is 1.04 bits per heavy atom. The van der Waals surface area contributed by atoms with E-state index in [2.05, 4.69) is 5.32 Å². The molecule has 1 saturated heterocycles. The molecule has 2 atom stereocenters. The Labute approximate surface area is 152 Å². The first-order valence-corrected chi connectivity index (χ1v) is 8.31. The number of carbonyl (C=O) groups is 2. The smallest absolute Gasteiger partial charge is 0.416 e. The zero-order valence-corrected chi connectivity index (χ0v) is 13.9. The van der Waals surface area contributed by atoms with E-state index in [0.29, 0.717) is 24.3 Å². The summed E-state index contributed by atoms with van der Waals surface area (Å²) in [5, 5.41) is 2.13. The molecular formula is C19H14F3NO4. The van der Waals surface area contributed by atoms with Gasteiger partial charge in [0.2, 0.25) is 0 Å². The molecule has 0 radical (unpaired) electrons. The summed E-state index contributed by atoms with van der Waals surface area (Å²) in [6, 6.07) is 9.73. The number of halogens is 3. The standard InChI is InChI=1S/C19H14F3NO4/c20-19(21,22)11-2-4-12(5-3-11)26-13-6-8-14-10(9-13)1-7-15(14)16-17(24)23-18(25)27-16/h2-6,8-9,15-16H,1,7H2,(H,23,24,25)/t15-,16?/m1/s1. The van der Waals surface area contributed by atoms with Crippen LogP contribution in [0.2, 0.25) is 0 Å². The predicted molar refractivity (Wildman–Crippen MR) is 87.4 cm³/mol. The molecule has 0 spiro atoms. The Morgan fingerprint density at radius 2 is 1.74 bits per heavy atom. The SMILES string of the molecule is O=C1NC(=O)C([C@@H]2CCc3cc(Oc4ccc(C(F)(F)F)cc4)ccc32)O1. The summed E-state index contributed by atoms with van der Waals surface area (Å²) in [6.45, 7) is 0. The van der Waals surface area contributed by atoms with E-state index in [-0.39, 0.29) is 5.92 Å². The summed E-state index contributed by atoms with van der Waals surface area (Å²) in [6.07, 6.45) is -4.62. The highest BCUT2D eigenvalue weighted by atomic mass is 19.4. The van der Waals surface area contributed by atoms with E-state index < -0.39 is 29.8 Å². The fourth-order valence-corrected chi connectivity index (χ4v) is 3.49. The summed E-state index contributed by atoms with van der Waals surface area (Å²) >= 11 is 0. The highest BCUT2D eigenvalue weighted by Gasteiger charge is 2.42. The van der Waals surface area contributed by atoms with Gasteiger partial charge < -0.3 is 9.47 Å². The minimum Gasteiger partial charge on any atom is -0.457 e. The third kappa shape index (κ3) is 3.34. The Hall–Kier alpha value is -3.03. The van der Waals surface area contributed by atoms with Crippen LogP contribution in [0, 0.1) is 0 Å². The van der Waals surface area contributed by atoms with Crippen LogP contribution in [-0.2, 0) is 22.1 Å². The van der Waals surface area contributed by atoms with E-state index in [1.54, 1.807) is 18.2 Å². The average Bonchev–Trinajstić information content (AvgIpc) is 3.16. The number of hydrogen-bond acceptors (Lipinski definition) is 4. The molecule has 5 nitrogen and oxygen atoms in total. The topological polar surface area (TPSA) is 64.6 Å². The van der Waals surface area contributed by atoms with Crippen LogP contribution in [0.1, 0.15) is 29.0 Å². The number of hydrogen-bond donors (Lipinski definition) is 1. The fraction of sp³-hybridized carbons (Fsp3) is 0.263. The van der Waals surface area contributed by atoms with E-state index in [4.69, 9.17) is 9.47 Å². The zero-order chi connectivity index (χ0) is 19.2. The Balaban J connectivity index is 1.51. The number of nitrogens with one attached hydrogen (secondary N) is 1. The summed E-state index contributed by atoms with van der Waals surface area (Å²) < 4.78 is 48.5. The molecule has 2 aromatic rings. The van der Waals surface area contributed by atoms with Gasteiger partial charge in [-0.1, -0.05) is 6.07 Å². The first kappa shape index (κ1) is 17.4. The Bertz CT molecular complexity index is 908. The van der Waals surface area contributed by atoms with Crippen molar-refractivity contribution in [2.45, 2.75) is 31.0 Å². The van der Waals surface area contributed by atoms with Gasteiger partial charge in [-0.3, -0.25) is 10.1 Å². The van der Waals surface area contributed by atoms with Crippen molar-refractivity contribution in [2.24, 2.45) is 0 Å². The first-order valence-electron chi connectivity index (χ1n) is 8.31. The number of carbonyl (C=O) groups excluding carboxylic acids is 2. The second-order valence-corrected chi connectivity index (χ2v) is 6.45. The molecule has 1 aliphatic carbocycles. The lowest BCUT2D eigenvalue weighted by Crippen LogP contribution is -2.28. The molecule has 2 amide bonds. The van der Waals surface area contributed by atoms with Gasteiger partial charge in [0.15, 0.2) is 6.10 Å². The fourth-order valence-electron chi connectivity index (χ4n) is 3.49. The number of fused-ring (bicyclic) bond motifs is 1. The lowest BCUT2D eigenvalue weighted by atomic mass is 9.95. The molecule has 0 saturated carbocycles. The van der Waals surface area contributed by atoms with Gasteiger partial charge in [-0.05, 0) is 60.4 Å². The van der Waals surface area contributed by atoms with Crippen molar-refractivity contribution in [1.29, 1.82) is 0 Å². The Kier molecular flexibility index (Phi) is 4.05. The Morgan fingerprint density at radius 3 is 2.37 bits per heavy atom. The normalized spacial score (nSPS) is 21.6. The van der Waals surface area contributed by atoms with Gasteiger partial charge in [-0.25, -0.2) is 4.79 Å². The van der Waals surface area contributed by atoms with Crippen LogP contribution >= 0.6 is 0 Å². The molecule has 4 rings (SSSR count). The molecule has 8 heteroatoms. The summed E-state index contributed by atoms with van der Waals surface area (Å²) in [7, 11) is 0. The van der Waals surface area contributed by atoms with Crippen molar-refractivity contribution in [3.8, 4) is 11.5 Å². The number of imide groups is 1. The number of amides is 2. The molecule has 0 bridgehead atoms. The van der Waals surface area contributed by atoms with Crippen LogP contribution in [0.5, 0.6) is 11.5 Å². The van der Waals surface area contributed by atoms with E-state index in [0.717, 1.165) is 23.3 Å². The van der Waals surface area contributed by atoms with Crippen molar-refractivity contribution >= 4 is 12.0 Å². The minimum atomic E-state index is -4.39. The van der Waals surface area contributed by atoms with E-state index in [1.807, 2.05) is 0 Å². The first-order chi connectivity index (χ1) is 12.8. The molecule has 140 valence electrons. The average molecular weight is 377 g/mol. The monoisotopic (exact) mass is 377 g/mol. The van der Waals surface area contributed by atoms with Crippen molar-refractivity contribution in [1.82, 2.24) is 5.32 Å². The molecule has 1 fully saturated rings. The maximum Gasteiger partial charge on any atom is 0.416 e. The van der Waals surface area contributed by atoms with Gasteiger partial charge in [0.1, 0.15) is 11.5 Å². The molecule has 27 heavy (non-hydrogen) atoms. The van der Waals surface area contributed by atoms with Crippen LogP contribution < -0.4 is 10.1 Å². The molecule has 2 aromatic carbocycles. The number of ether oxygens (including phenoxy) is 2. The van der Waals surface area contributed by atoms with Crippen LogP contribution in [0.25, 0.3) is 0 Å². The lowest BCUT2D eigenvalue weighted by molar-refractivity contribution is -0.137. The molecule has 1 unspecified atom stereocenters. The van der Waals surface area contributed by atoms with Crippen molar-refractivity contribution in [3.05, 3.63) is 59.2 Å². The van der Waals surface area contributed by atoms with Crippen molar-refractivity contribution in [3.63, 3.8) is 0 Å². The lowest BCUT2D eigenvalue weighted by Gasteiger charge is -2.16. The molecule has 0 aromatic heterocycles. The van der Waals surface area contributed by atoms with Crippen molar-refractivity contribution in [2.75, 3.05) is 0 Å². The van der Waals surface area contributed by atoms with E-state index >= 15 is 0 Å². The third-order valence-corrected chi connectivity index (χ3v) is 4.74. The van der Waals surface area contributed by atoms with Crippen molar-refractivity contribution < 1.29 is 32.2 Å². The van der Waals surface area contributed by atoms with Crippen LogP contribution in [0.3, 0.4) is 0 Å². The quantitative estimate of drug-likeness (QED) is 0.872. The van der Waals surface area contributed by atoms with Crippen LogP contribution in [0.4, 0.5) is 18.0 Å². The molecular weight excluding hydrogens is 363 g/mol. The van der Waals surface area contributed by atoms with Gasteiger partial charge in [-0.2, -0.15) is 13.2 Å². The number of aryl methyl sites for hydroxylation is 1. The summed E-state index contributed by atoms with van der Waals surface area (Å²) in [4.78, 5) is 23.1. The van der Waals surface area contributed by atoms with Crippen LogP contribution in [-0.4, -0.2) is 18.1 Å². The minimum absolute atomic E-state index is 0.216. The zero-order valence-electron chi connectivity index (χ0n) is 13.9. The maximum absolute atomic E-state index is 12.6. The number of rotatable bonds is 3. The molecule has 2 aliphatic rings. The van der Waals surface area contributed by atoms with Gasteiger partial charge in [0.25, 0.3) is 5.91 Å². The van der Waals surface area contributed by atoms with Gasteiger partial charge in [0, 0.05) is 5.92 Å². The highest BCUT2D eigenvalue weighted by Crippen LogP contribution is 2.40. The molecule has 1 aliphatic heterocycles. The predicted octanol–water partition coefficient (Wildman–Crippen LogP) is 4.16. The van der Waals surface area contributed by atoms with Gasteiger partial charge in [-0.15, -0.1) is 0 Å². The van der Waals surface area contributed by atoms with E-state index in [1.165, 1.54) is 12.1 Å². The van der Waals surface area contributed by atoms with E-state index in [9.17, 15) is 22.8 Å². The maximum atomic E-state index is 12.6. The largest absolute Gasteiger partial charge is 0.457 e. The second-order valence-electron chi connectivity index (χ2n) is 6.45. The molecule has 1 heterocycles. The summed E-state index contributed by atoms with van der Waals surface area (Å²) in [5.74, 6) is 0.123.